The number of hydrogen-bond acceptors (Lipinski definition) is 3. The van der Waals surface area contributed by atoms with Gasteiger partial charge >= 0.3 is 5.97 Å². The normalized spacial score (nSPS) is 14.4. The zero-order valence-electron chi connectivity index (χ0n) is 11.7. The highest BCUT2D eigenvalue weighted by atomic mass is 16.4. The summed E-state index contributed by atoms with van der Waals surface area (Å²) in [6.45, 7) is 0.783. The van der Waals surface area contributed by atoms with Gasteiger partial charge in [0.2, 0.25) is 0 Å². The Morgan fingerprint density at radius 3 is 2.71 bits per heavy atom. The summed E-state index contributed by atoms with van der Waals surface area (Å²) in [5.41, 5.74) is 9.78. The summed E-state index contributed by atoms with van der Waals surface area (Å²) in [6.07, 6.45) is 3.13. The highest BCUT2D eigenvalue weighted by Gasteiger charge is 2.23. The van der Waals surface area contributed by atoms with Gasteiger partial charge in [0.05, 0.1) is 16.9 Å². The molecule has 4 heteroatoms. The third-order valence-corrected chi connectivity index (χ3v) is 3.93. The van der Waals surface area contributed by atoms with E-state index < -0.39 is 5.97 Å². The summed E-state index contributed by atoms with van der Waals surface area (Å²) in [6, 6.07) is 13.2. The molecule has 0 atom stereocenters. The summed E-state index contributed by atoms with van der Waals surface area (Å²) >= 11 is 0. The molecule has 0 saturated heterocycles. The van der Waals surface area contributed by atoms with Crippen LogP contribution < -0.4 is 10.6 Å². The van der Waals surface area contributed by atoms with Crippen LogP contribution in [0.4, 0.5) is 17.1 Å². The molecule has 1 aliphatic rings. The average molecular weight is 282 g/mol. The molecule has 0 spiro atoms. The van der Waals surface area contributed by atoms with Gasteiger partial charge in [-0.3, -0.25) is 0 Å². The maximum atomic E-state index is 11.5. The lowest BCUT2D eigenvalue weighted by atomic mass is 10.1. The zero-order chi connectivity index (χ0) is 14.8. The van der Waals surface area contributed by atoms with E-state index in [1.165, 1.54) is 5.56 Å². The van der Waals surface area contributed by atoms with Crippen molar-refractivity contribution in [2.24, 2.45) is 0 Å². The maximum Gasteiger partial charge on any atom is 0.337 e. The Balaban J connectivity index is 2.19. The summed E-state index contributed by atoms with van der Waals surface area (Å²) in [5.74, 6) is -0.945. The van der Waals surface area contributed by atoms with Crippen LogP contribution >= 0.6 is 0 Å². The van der Waals surface area contributed by atoms with Crippen LogP contribution in [0.2, 0.25) is 0 Å². The molecule has 21 heavy (non-hydrogen) atoms. The molecule has 1 aliphatic heterocycles. The number of carboxylic acid groups (broad SMARTS) is 1. The van der Waals surface area contributed by atoms with E-state index in [0.29, 0.717) is 11.4 Å². The van der Waals surface area contributed by atoms with Gasteiger partial charge in [0.1, 0.15) is 0 Å². The molecule has 0 aromatic heterocycles. The number of anilines is 3. The van der Waals surface area contributed by atoms with Crippen molar-refractivity contribution >= 4 is 23.0 Å². The molecule has 0 unspecified atom stereocenters. The third-order valence-electron chi connectivity index (χ3n) is 3.93. The topological polar surface area (TPSA) is 66.6 Å². The van der Waals surface area contributed by atoms with Crippen molar-refractivity contribution in [3.63, 3.8) is 0 Å². The molecule has 0 saturated carbocycles. The van der Waals surface area contributed by atoms with Crippen LogP contribution in [0.1, 0.15) is 28.8 Å². The number of fused-ring (bicyclic) bond motifs is 1. The lowest BCUT2D eigenvalue weighted by Crippen LogP contribution is -2.22. The second kappa shape index (κ2) is 5.48. The number of para-hydroxylation sites is 2. The van der Waals surface area contributed by atoms with Crippen molar-refractivity contribution in [1.82, 2.24) is 0 Å². The van der Waals surface area contributed by atoms with Crippen LogP contribution in [-0.2, 0) is 6.42 Å². The van der Waals surface area contributed by atoms with Crippen molar-refractivity contribution in [1.29, 1.82) is 0 Å². The van der Waals surface area contributed by atoms with Gasteiger partial charge in [-0.1, -0.05) is 24.3 Å². The van der Waals surface area contributed by atoms with Crippen LogP contribution in [-0.4, -0.2) is 17.6 Å². The van der Waals surface area contributed by atoms with Crippen molar-refractivity contribution < 1.29 is 9.90 Å². The fourth-order valence-electron chi connectivity index (χ4n) is 2.96. The lowest BCUT2D eigenvalue weighted by molar-refractivity contribution is 0.0697. The summed E-state index contributed by atoms with van der Waals surface area (Å²) in [4.78, 5) is 13.6. The van der Waals surface area contributed by atoms with Gasteiger partial charge in [-0.2, -0.15) is 0 Å². The minimum Gasteiger partial charge on any atom is -0.478 e. The molecule has 1 heterocycles. The largest absolute Gasteiger partial charge is 0.478 e. The molecule has 2 aromatic rings. The SMILES string of the molecule is Nc1cccc(C(=O)O)c1N1CCCCc2ccccc21. The number of nitrogens with two attached hydrogens (primary N) is 1. The molecular formula is C17H18N2O2. The molecule has 0 amide bonds. The Morgan fingerprint density at radius 1 is 1.10 bits per heavy atom. The Morgan fingerprint density at radius 2 is 1.90 bits per heavy atom. The molecule has 0 bridgehead atoms. The number of hydrogen-bond donors (Lipinski definition) is 2. The highest BCUT2D eigenvalue weighted by Crippen LogP contribution is 2.37. The maximum absolute atomic E-state index is 11.5. The first-order valence-corrected chi connectivity index (χ1v) is 7.15. The number of carbonyl (C=O) groups is 1. The van der Waals surface area contributed by atoms with Crippen LogP contribution in [0.5, 0.6) is 0 Å². The number of nitrogen functional groups attached to an aromatic ring is 1. The van der Waals surface area contributed by atoms with Gasteiger partial charge in [-0.25, -0.2) is 4.79 Å². The van der Waals surface area contributed by atoms with E-state index in [9.17, 15) is 9.90 Å². The van der Waals surface area contributed by atoms with Gasteiger partial charge in [-0.15, -0.1) is 0 Å². The molecule has 4 nitrogen and oxygen atoms in total. The van der Waals surface area contributed by atoms with E-state index in [4.69, 9.17) is 5.73 Å². The van der Waals surface area contributed by atoms with Gasteiger partial charge in [0.25, 0.3) is 0 Å². The number of benzene rings is 2. The number of nitrogens with zero attached hydrogens (tertiary/aromatic N) is 1. The van der Waals surface area contributed by atoms with E-state index in [-0.39, 0.29) is 5.56 Å². The average Bonchev–Trinajstić information content (AvgIpc) is 2.69. The van der Waals surface area contributed by atoms with Gasteiger partial charge in [0, 0.05) is 12.2 Å². The first-order chi connectivity index (χ1) is 10.2. The molecule has 0 radical (unpaired) electrons. The van der Waals surface area contributed by atoms with Crippen LogP contribution in [0.25, 0.3) is 0 Å². The number of carboxylic acids is 1. The van der Waals surface area contributed by atoms with E-state index in [0.717, 1.165) is 31.5 Å². The summed E-state index contributed by atoms with van der Waals surface area (Å²) in [7, 11) is 0. The van der Waals surface area contributed by atoms with Crippen molar-refractivity contribution in [2.45, 2.75) is 19.3 Å². The fraction of sp³-hybridized carbons (Fsp3) is 0.235. The molecule has 2 aromatic carbocycles. The monoisotopic (exact) mass is 282 g/mol. The van der Waals surface area contributed by atoms with E-state index in [1.54, 1.807) is 18.2 Å². The number of aromatic carboxylic acids is 1. The summed E-state index contributed by atoms with van der Waals surface area (Å²) < 4.78 is 0. The second-order valence-electron chi connectivity index (χ2n) is 5.29. The quantitative estimate of drug-likeness (QED) is 0.828. The van der Waals surface area contributed by atoms with Gasteiger partial charge in [0.15, 0.2) is 0 Å². The minimum atomic E-state index is -0.945. The van der Waals surface area contributed by atoms with Crippen LogP contribution in [0, 0.1) is 0 Å². The lowest BCUT2D eigenvalue weighted by Gasteiger charge is -2.27. The van der Waals surface area contributed by atoms with E-state index >= 15 is 0 Å². The predicted molar refractivity (Wildman–Crippen MR) is 84.2 cm³/mol. The molecule has 0 aliphatic carbocycles. The Labute approximate surface area is 123 Å². The Hall–Kier alpha value is -2.49. The predicted octanol–water partition coefficient (Wildman–Crippen LogP) is 3.44. The van der Waals surface area contributed by atoms with Crippen molar-refractivity contribution in [2.75, 3.05) is 17.2 Å². The number of aryl methyl sites for hydroxylation is 1. The molecule has 108 valence electrons. The van der Waals surface area contributed by atoms with Crippen molar-refractivity contribution in [3.8, 4) is 0 Å². The molecule has 3 rings (SSSR count). The van der Waals surface area contributed by atoms with Crippen molar-refractivity contribution in [3.05, 3.63) is 53.6 Å². The minimum absolute atomic E-state index is 0.256. The van der Waals surface area contributed by atoms with E-state index in [2.05, 4.69) is 11.0 Å². The second-order valence-corrected chi connectivity index (χ2v) is 5.29. The first kappa shape index (κ1) is 13.5. The fourth-order valence-corrected chi connectivity index (χ4v) is 2.96. The van der Waals surface area contributed by atoms with Gasteiger partial charge < -0.3 is 15.7 Å². The number of rotatable bonds is 2. The zero-order valence-corrected chi connectivity index (χ0v) is 11.7. The molecule has 3 N–H and O–H groups in total. The Bertz CT molecular complexity index is 682. The first-order valence-electron chi connectivity index (χ1n) is 7.15. The molecular weight excluding hydrogens is 264 g/mol. The Kier molecular flexibility index (Phi) is 3.52. The van der Waals surface area contributed by atoms with Gasteiger partial charge in [-0.05, 0) is 43.0 Å². The van der Waals surface area contributed by atoms with Crippen LogP contribution in [0.15, 0.2) is 42.5 Å². The van der Waals surface area contributed by atoms with Crippen LogP contribution in [0.3, 0.4) is 0 Å². The highest BCUT2D eigenvalue weighted by molar-refractivity contribution is 5.99. The summed E-state index contributed by atoms with van der Waals surface area (Å²) in [5, 5.41) is 9.46. The molecule has 0 fully saturated rings. The smallest absolute Gasteiger partial charge is 0.337 e. The van der Waals surface area contributed by atoms with E-state index in [1.807, 2.05) is 18.2 Å². The standard InChI is InChI=1S/C17H18N2O2/c18-14-9-5-8-13(17(20)21)16(14)19-11-4-3-7-12-6-1-2-10-15(12)19/h1-2,5-6,8-10H,3-4,7,11,18H2,(H,20,21). The third kappa shape index (κ3) is 2.44.